The van der Waals surface area contributed by atoms with E-state index in [4.69, 9.17) is 26.1 Å². The topological polar surface area (TPSA) is 30.8 Å². The number of thioether (sulfide) groups is 1. The van der Waals surface area contributed by atoms with E-state index in [9.17, 15) is 0 Å². The van der Waals surface area contributed by atoms with E-state index in [1.54, 1.807) is 37.3 Å². The largest absolute Gasteiger partial charge is 0.493 e. The van der Waals surface area contributed by atoms with E-state index in [-0.39, 0.29) is 5.25 Å². The van der Waals surface area contributed by atoms with Gasteiger partial charge < -0.3 is 9.47 Å². The lowest BCUT2D eigenvalue weighted by molar-refractivity contribution is 0.354. The Bertz CT molecular complexity index is 986. The van der Waals surface area contributed by atoms with Crippen molar-refractivity contribution in [2.75, 3.05) is 14.2 Å². The quantitative estimate of drug-likeness (QED) is 0.470. The van der Waals surface area contributed by atoms with Gasteiger partial charge >= 0.3 is 0 Å². The Balaban J connectivity index is 1.82. The lowest BCUT2D eigenvalue weighted by Crippen LogP contribution is -2.05. The number of para-hydroxylation sites is 1. The maximum absolute atomic E-state index is 6.72. The van der Waals surface area contributed by atoms with Crippen LogP contribution in [0, 0.1) is 0 Å². The number of fused-ring (bicyclic) bond motifs is 1. The summed E-state index contributed by atoms with van der Waals surface area (Å²) in [6, 6.07) is 16.4. The molecule has 0 radical (unpaired) electrons. The molecule has 4 rings (SSSR count). The third kappa shape index (κ3) is 3.59. The summed E-state index contributed by atoms with van der Waals surface area (Å²) in [5.41, 5.74) is 3.11. The third-order valence-corrected chi connectivity index (χ3v) is 7.05. The molecule has 0 spiro atoms. The first-order valence-corrected chi connectivity index (χ1v) is 10.6. The van der Waals surface area contributed by atoms with E-state index in [0.29, 0.717) is 16.5 Å². The second-order valence-electron chi connectivity index (χ2n) is 6.02. The van der Waals surface area contributed by atoms with E-state index >= 15 is 0 Å². The number of nitrogens with zero attached hydrogens (tertiary/aromatic N) is 1. The minimum absolute atomic E-state index is 0.127. The normalized spacial score (nSPS) is 16.3. The number of ether oxygens (including phenoxy) is 2. The molecule has 1 aromatic heterocycles. The van der Waals surface area contributed by atoms with Crippen LogP contribution in [-0.2, 0) is 0 Å². The van der Waals surface area contributed by atoms with Gasteiger partial charge in [-0.3, -0.25) is 4.99 Å². The summed E-state index contributed by atoms with van der Waals surface area (Å²) in [5, 5.41) is 2.81. The van der Waals surface area contributed by atoms with Gasteiger partial charge in [0.15, 0.2) is 11.5 Å². The van der Waals surface area contributed by atoms with E-state index in [0.717, 1.165) is 28.3 Å². The summed E-state index contributed by atoms with van der Waals surface area (Å²) < 4.78 is 10.9. The van der Waals surface area contributed by atoms with E-state index in [2.05, 4.69) is 29.6 Å². The summed E-state index contributed by atoms with van der Waals surface area (Å²) in [7, 11) is 3.23. The lowest BCUT2D eigenvalue weighted by Gasteiger charge is -2.20. The van der Waals surface area contributed by atoms with Crippen molar-refractivity contribution in [3.63, 3.8) is 0 Å². The van der Waals surface area contributed by atoms with Gasteiger partial charge in [0, 0.05) is 21.4 Å². The number of aliphatic imine (C=N–C) groups is 1. The Hall–Kier alpha value is -1.95. The van der Waals surface area contributed by atoms with E-state index in [1.807, 2.05) is 24.3 Å². The van der Waals surface area contributed by atoms with Crippen molar-refractivity contribution in [2.45, 2.75) is 16.6 Å². The predicted molar refractivity (Wildman–Crippen MR) is 115 cm³/mol. The third-order valence-electron chi connectivity index (χ3n) is 4.44. The molecule has 1 unspecified atom stereocenters. The molecule has 0 bridgehead atoms. The van der Waals surface area contributed by atoms with Crippen LogP contribution in [0.25, 0.3) is 0 Å². The van der Waals surface area contributed by atoms with Gasteiger partial charge in [-0.1, -0.05) is 35.9 Å². The highest BCUT2D eigenvalue weighted by Crippen LogP contribution is 2.50. The zero-order valence-electron chi connectivity index (χ0n) is 14.9. The number of halogens is 1. The van der Waals surface area contributed by atoms with Crippen LogP contribution in [0.2, 0.25) is 5.02 Å². The van der Waals surface area contributed by atoms with E-state index in [1.165, 1.54) is 4.88 Å². The fourth-order valence-corrected chi connectivity index (χ4v) is 5.55. The Morgan fingerprint density at radius 1 is 1.04 bits per heavy atom. The molecule has 0 N–H and O–H groups in total. The Labute approximate surface area is 172 Å². The molecule has 1 aliphatic rings. The molecule has 1 atom stereocenters. The van der Waals surface area contributed by atoms with Crippen molar-refractivity contribution in [3.8, 4) is 11.5 Å². The number of hydrogen-bond acceptors (Lipinski definition) is 5. The highest BCUT2D eigenvalue weighted by Gasteiger charge is 2.26. The number of hydrogen-bond donors (Lipinski definition) is 0. The number of rotatable bonds is 4. The number of methoxy groups -OCH3 is 2. The molecule has 27 heavy (non-hydrogen) atoms. The Morgan fingerprint density at radius 2 is 1.89 bits per heavy atom. The fourth-order valence-electron chi connectivity index (χ4n) is 3.14. The van der Waals surface area contributed by atoms with Crippen LogP contribution in [-0.4, -0.2) is 19.9 Å². The van der Waals surface area contributed by atoms with Crippen LogP contribution in [0.3, 0.4) is 0 Å². The molecule has 3 nitrogen and oxygen atoms in total. The maximum atomic E-state index is 6.72. The van der Waals surface area contributed by atoms with Crippen LogP contribution >= 0.6 is 34.7 Å². The van der Waals surface area contributed by atoms with Gasteiger partial charge in [0.05, 0.1) is 30.6 Å². The standard InChI is InChI=1S/C21H18ClNO2S2/c1-24-16-10-9-13(20(22)21(16)25-2)19-12-15(17-8-5-11-26-17)23-14-6-3-4-7-18(14)27-19/h3-11,19H,12H2,1-2H3. The summed E-state index contributed by atoms with van der Waals surface area (Å²) in [5.74, 6) is 1.21. The van der Waals surface area contributed by atoms with Crippen LogP contribution < -0.4 is 9.47 Å². The molecule has 0 fully saturated rings. The van der Waals surface area contributed by atoms with Gasteiger partial charge in [-0.15, -0.1) is 23.1 Å². The minimum atomic E-state index is 0.127. The summed E-state index contributed by atoms with van der Waals surface area (Å²) in [6.45, 7) is 0. The fraction of sp³-hybridized carbons (Fsp3) is 0.190. The van der Waals surface area contributed by atoms with Crippen molar-refractivity contribution < 1.29 is 9.47 Å². The van der Waals surface area contributed by atoms with Gasteiger partial charge in [-0.25, -0.2) is 0 Å². The first-order chi connectivity index (χ1) is 13.2. The van der Waals surface area contributed by atoms with Crippen molar-refractivity contribution in [2.24, 2.45) is 4.99 Å². The number of benzene rings is 2. The van der Waals surface area contributed by atoms with Gasteiger partial charge in [-0.05, 0) is 35.2 Å². The molecule has 1 aliphatic heterocycles. The second-order valence-corrected chi connectivity index (χ2v) is 8.59. The second kappa shape index (κ2) is 7.97. The van der Waals surface area contributed by atoms with Crippen LogP contribution in [0.4, 0.5) is 5.69 Å². The first kappa shape index (κ1) is 18.4. The zero-order chi connectivity index (χ0) is 18.8. The monoisotopic (exact) mass is 415 g/mol. The zero-order valence-corrected chi connectivity index (χ0v) is 17.3. The van der Waals surface area contributed by atoms with Gasteiger partial charge in [0.1, 0.15) is 0 Å². The van der Waals surface area contributed by atoms with Crippen LogP contribution in [0.15, 0.2) is 63.8 Å². The molecular weight excluding hydrogens is 398 g/mol. The molecule has 6 heteroatoms. The molecule has 2 heterocycles. The molecule has 3 aromatic rings. The highest BCUT2D eigenvalue weighted by atomic mass is 35.5. The molecule has 138 valence electrons. The van der Waals surface area contributed by atoms with Crippen molar-refractivity contribution in [3.05, 3.63) is 69.4 Å². The minimum Gasteiger partial charge on any atom is -0.493 e. The van der Waals surface area contributed by atoms with Gasteiger partial charge in [-0.2, -0.15) is 0 Å². The first-order valence-electron chi connectivity index (χ1n) is 8.48. The summed E-state index contributed by atoms with van der Waals surface area (Å²) in [4.78, 5) is 7.31. The van der Waals surface area contributed by atoms with Crippen molar-refractivity contribution in [1.29, 1.82) is 0 Å². The highest BCUT2D eigenvalue weighted by molar-refractivity contribution is 7.99. The molecule has 0 amide bonds. The average Bonchev–Trinajstić information content (AvgIpc) is 3.15. The van der Waals surface area contributed by atoms with Crippen LogP contribution in [0.1, 0.15) is 22.1 Å². The van der Waals surface area contributed by atoms with Gasteiger partial charge in [0.25, 0.3) is 0 Å². The smallest absolute Gasteiger partial charge is 0.179 e. The predicted octanol–water partition coefficient (Wildman–Crippen LogP) is 6.78. The van der Waals surface area contributed by atoms with Crippen LogP contribution in [0.5, 0.6) is 11.5 Å². The van der Waals surface area contributed by atoms with E-state index < -0.39 is 0 Å². The average molecular weight is 416 g/mol. The SMILES string of the molecule is COc1ccc(C2CC(c3cccs3)=Nc3ccccc3S2)c(Cl)c1OC. The molecule has 2 aromatic carbocycles. The molecule has 0 saturated heterocycles. The summed E-state index contributed by atoms with van der Waals surface area (Å²) >= 11 is 10.2. The lowest BCUT2D eigenvalue weighted by atomic mass is 10.0. The molecular formula is C21H18ClNO2S2. The number of thiophene rings is 1. The maximum Gasteiger partial charge on any atom is 0.179 e. The Morgan fingerprint density at radius 3 is 2.63 bits per heavy atom. The molecule has 0 saturated carbocycles. The summed E-state index contributed by atoms with van der Waals surface area (Å²) in [6.07, 6.45) is 0.787. The Kier molecular flexibility index (Phi) is 5.43. The van der Waals surface area contributed by atoms with Gasteiger partial charge in [0.2, 0.25) is 0 Å². The van der Waals surface area contributed by atoms with Crippen molar-refractivity contribution >= 4 is 46.1 Å². The molecule has 0 aliphatic carbocycles. The van der Waals surface area contributed by atoms with Crippen molar-refractivity contribution in [1.82, 2.24) is 0 Å².